The molecule has 228 valence electrons. The molecule has 1 aromatic carbocycles. The lowest BCUT2D eigenvalue weighted by molar-refractivity contribution is -0.141. The van der Waals surface area contributed by atoms with Crippen LogP contribution in [0.3, 0.4) is 0 Å². The number of benzene rings is 1. The van der Waals surface area contributed by atoms with Crippen LogP contribution in [-0.2, 0) is 36.9 Å². The lowest BCUT2D eigenvalue weighted by Gasteiger charge is -2.27. The number of fused-ring (bicyclic) bond motifs is 1. The Morgan fingerprint density at radius 2 is 1.81 bits per heavy atom. The van der Waals surface area contributed by atoms with Gasteiger partial charge in [-0.3, -0.25) is 19.2 Å². The molecule has 3 N–H and O–H groups in total. The smallest absolute Gasteiger partial charge is 0.251 e. The Balaban J connectivity index is 1.58. The molecule has 1 fully saturated rings. The number of rotatable bonds is 4. The molecule has 0 radical (unpaired) electrons. The van der Waals surface area contributed by atoms with E-state index in [2.05, 4.69) is 26.0 Å². The molecule has 2 aliphatic heterocycles. The Kier molecular flexibility index (Phi) is 11.0. The number of carbonyl (C=O) groups is 4. The molecule has 0 unspecified atom stereocenters. The number of hydrogen-bond acceptors (Lipinski definition) is 7. The van der Waals surface area contributed by atoms with Crippen molar-refractivity contribution in [3.05, 3.63) is 47.5 Å². The average molecular weight is 582 g/mol. The normalized spacial score (nSPS) is 23.4. The van der Waals surface area contributed by atoms with E-state index in [0.717, 1.165) is 12.0 Å². The number of nitrogens with zero attached hydrogens (tertiary/aromatic N) is 4. The standard InChI is InChI=1S/C30H43N7O5/c1-20(2)27-28-32-21(3)35-37(28)19-26(39)31-14-9-16-36(30(41)24-12-8-17-42-24)15-7-13-25(38)33-23(29(40)34-27)18-22-10-5-4-6-11-22/h4-6,10-11,20,23-24,27H,7-9,12-19H2,1-3H3,(H,31,39)(H,33,38)(H,34,40)/t23-,24+,27+/m1/s1. The van der Waals surface area contributed by atoms with E-state index in [-0.39, 0.29) is 42.5 Å². The summed E-state index contributed by atoms with van der Waals surface area (Å²) < 4.78 is 7.14. The first-order valence-corrected chi connectivity index (χ1v) is 14.9. The highest BCUT2D eigenvalue weighted by Crippen LogP contribution is 2.21. The van der Waals surface area contributed by atoms with E-state index in [9.17, 15) is 19.2 Å². The molecule has 42 heavy (non-hydrogen) atoms. The largest absolute Gasteiger partial charge is 0.368 e. The molecular formula is C30H43N7O5. The van der Waals surface area contributed by atoms with Gasteiger partial charge in [0.2, 0.25) is 17.7 Å². The number of ether oxygens (including phenoxy) is 1. The van der Waals surface area contributed by atoms with Crippen molar-refractivity contribution in [3.63, 3.8) is 0 Å². The van der Waals surface area contributed by atoms with Gasteiger partial charge in [-0.15, -0.1) is 0 Å². The van der Waals surface area contributed by atoms with Crippen LogP contribution in [0, 0.1) is 12.8 Å². The lowest BCUT2D eigenvalue weighted by Crippen LogP contribution is -2.50. The molecule has 12 heteroatoms. The summed E-state index contributed by atoms with van der Waals surface area (Å²) in [6.07, 6.45) is 2.52. The summed E-state index contributed by atoms with van der Waals surface area (Å²) >= 11 is 0. The molecular weight excluding hydrogens is 538 g/mol. The van der Waals surface area contributed by atoms with Crippen molar-refractivity contribution in [2.24, 2.45) is 5.92 Å². The van der Waals surface area contributed by atoms with Gasteiger partial charge in [0.25, 0.3) is 5.91 Å². The fraction of sp³-hybridized carbons (Fsp3) is 0.600. The van der Waals surface area contributed by atoms with Crippen LogP contribution in [0.2, 0.25) is 0 Å². The second-order valence-corrected chi connectivity index (χ2v) is 11.3. The van der Waals surface area contributed by atoms with Crippen molar-refractivity contribution in [2.45, 2.75) is 84.0 Å². The molecule has 0 aliphatic carbocycles. The average Bonchev–Trinajstić information content (AvgIpc) is 3.62. The van der Waals surface area contributed by atoms with Crippen molar-refractivity contribution in [1.82, 2.24) is 35.6 Å². The quantitative estimate of drug-likeness (QED) is 0.495. The SMILES string of the molecule is Cc1nc2n(n1)CC(=O)NCCCN(C(=O)[C@@H]1CCCO1)CCCC(=O)N[C@H](Cc1ccccc1)C(=O)N[C@H]2C(C)C. The van der Waals surface area contributed by atoms with Gasteiger partial charge in [0, 0.05) is 39.1 Å². The number of aryl methyl sites for hydroxylation is 1. The highest BCUT2D eigenvalue weighted by molar-refractivity contribution is 5.88. The molecule has 0 bridgehead atoms. The predicted molar refractivity (Wildman–Crippen MR) is 155 cm³/mol. The van der Waals surface area contributed by atoms with Gasteiger partial charge in [-0.2, -0.15) is 5.10 Å². The fourth-order valence-electron chi connectivity index (χ4n) is 5.36. The summed E-state index contributed by atoms with van der Waals surface area (Å²) in [6, 6.07) is 8.15. The first-order chi connectivity index (χ1) is 20.2. The summed E-state index contributed by atoms with van der Waals surface area (Å²) in [6.45, 7) is 7.36. The highest BCUT2D eigenvalue weighted by Gasteiger charge is 2.31. The molecule has 0 saturated carbocycles. The van der Waals surface area contributed by atoms with E-state index in [1.165, 1.54) is 4.68 Å². The van der Waals surface area contributed by atoms with E-state index >= 15 is 0 Å². The molecule has 2 aromatic rings. The maximum absolute atomic E-state index is 13.7. The molecule has 4 amide bonds. The fourth-order valence-corrected chi connectivity index (χ4v) is 5.36. The number of nitrogens with one attached hydrogen (secondary N) is 3. The van der Waals surface area contributed by atoms with E-state index in [4.69, 9.17) is 4.74 Å². The van der Waals surface area contributed by atoms with E-state index in [1.807, 2.05) is 44.2 Å². The third kappa shape index (κ3) is 8.60. The molecule has 4 rings (SSSR count). The van der Waals surface area contributed by atoms with Gasteiger partial charge in [0.15, 0.2) is 5.82 Å². The molecule has 12 nitrogen and oxygen atoms in total. The van der Waals surface area contributed by atoms with Crippen molar-refractivity contribution in [2.75, 3.05) is 26.2 Å². The van der Waals surface area contributed by atoms with Crippen LogP contribution in [-0.4, -0.2) is 81.7 Å². The summed E-state index contributed by atoms with van der Waals surface area (Å²) in [5.41, 5.74) is 0.908. The zero-order chi connectivity index (χ0) is 30.1. The maximum atomic E-state index is 13.7. The van der Waals surface area contributed by atoms with Gasteiger partial charge in [0.1, 0.15) is 24.5 Å². The van der Waals surface area contributed by atoms with Gasteiger partial charge in [-0.25, -0.2) is 9.67 Å². The summed E-state index contributed by atoms with van der Waals surface area (Å²) in [5, 5.41) is 13.3. The van der Waals surface area contributed by atoms with Crippen LogP contribution < -0.4 is 16.0 Å². The summed E-state index contributed by atoms with van der Waals surface area (Å²) in [5.74, 6) is -0.0284. The topological polar surface area (TPSA) is 148 Å². The molecule has 3 atom stereocenters. The van der Waals surface area contributed by atoms with Crippen molar-refractivity contribution in [3.8, 4) is 0 Å². The molecule has 2 aliphatic rings. The van der Waals surface area contributed by atoms with E-state index in [1.54, 1.807) is 11.8 Å². The Hall–Kier alpha value is -3.80. The van der Waals surface area contributed by atoms with E-state index in [0.29, 0.717) is 63.6 Å². The lowest BCUT2D eigenvalue weighted by atomic mass is 10.0. The van der Waals surface area contributed by atoms with Crippen molar-refractivity contribution in [1.29, 1.82) is 0 Å². The molecule has 1 saturated heterocycles. The first-order valence-electron chi connectivity index (χ1n) is 14.9. The minimum absolute atomic E-state index is 0.0575. The number of aromatic nitrogens is 3. The van der Waals surface area contributed by atoms with Gasteiger partial charge in [-0.05, 0) is 44.1 Å². The number of hydrogen-bond donors (Lipinski definition) is 3. The Morgan fingerprint density at radius 3 is 2.52 bits per heavy atom. The molecule has 1 aromatic heterocycles. The first kappa shape index (κ1) is 31.1. The molecule has 3 heterocycles. The number of carbonyl (C=O) groups excluding carboxylic acids is 4. The third-order valence-corrected chi connectivity index (χ3v) is 7.55. The second-order valence-electron chi connectivity index (χ2n) is 11.3. The Bertz CT molecular complexity index is 1230. The zero-order valence-electron chi connectivity index (χ0n) is 24.8. The third-order valence-electron chi connectivity index (χ3n) is 7.55. The van der Waals surface area contributed by atoms with Crippen LogP contribution in [0.4, 0.5) is 0 Å². The Labute approximate surface area is 247 Å². The minimum atomic E-state index is -0.828. The van der Waals surface area contributed by atoms with Gasteiger partial charge in [-0.1, -0.05) is 44.2 Å². The van der Waals surface area contributed by atoms with E-state index < -0.39 is 18.2 Å². The van der Waals surface area contributed by atoms with Crippen molar-refractivity contribution < 1.29 is 23.9 Å². The predicted octanol–water partition coefficient (Wildman–Crippen LogP) is 1.44. The Morgan fingerprint density at radius 1 is 1.05 bits per heavy atom. The summed E-state index contributed by atoms with van der Waals surface area (Å²) in [7, 11) is 0. The highest BCUT2D eigenvalue weighted by atomic mass is 16.5. The van der Waals surface area contributed by atoms with Gasteiger partial charge >= 0.3 is 0 Å². The van der Waals surface area contributed by atoms with Crippen LogP contribution in [0.5, 0.6) is 0 Å². The second kappa shape index (κ2) is 14.9. The monoisotopic (exact) mass is 581 g/mol. The van der Waals surface area contributed by atoms with Crippen LogP contribution in [0.15, 0.2) is 30.3 Å². The minimum Gasteiger partial charge on any atom is -0.368 e. The number of amides is 4. The van der Waals surface area contributed by atoms with Gasteiger partial charge in [0.05, 0.1) is 6.04 Å². The maximum Gasteiger partial charge on any atom is 0.251 e. The van der Waals surface area contributed by atoms with Crippen molar-refractivity contribution >= 4 is 23.6 Å². The van der Waals surface area contributed by atoms with Gasteiger partial charge < -0.3 is 25.6 Å². The van der Waals surface area contributed by atoms with Crippen LogP contribution >= 0.6 is 0 Å². The molecule has 0 spiro atoms. The van der Waals surface area contributed by atoms with Crippen LogP contribution in [0.25, 0.3) is 0 Å². The summed E-state index contributed by atoms with van der Waals surface area (Å²) in [4.78, 5) is 59.1. The zero-order valence-corrected chi connectivity index (χ0v) is 24.8. The van der Waals surface area contributed by atoms with Crippen LogP contribution in [0.1, 0.15) is 69.2 Å².